The summed E-state index contributed by atoms with van der Waals surface area (Å²) in [6.07, 6.45) is 8.14. The number of aromatic nitrogens is 3. The normalized spacial score (nSPS) is 12.6. The summed E-state index contributed by atoms with van der Waals surface area (Å²) in [6, 6.07) is 2.08. The summed E-state index contributed by atoms with van der Waals surface area (Å²) in [4.78, 5) is 4.13. The summed E-state index contributed by atoms with van der Waals surface area (Å²) in [5.74, 6) is 5.58. The van der Waals surface area contributed by atoms with E-state index in [9.17, 15) is 0 Å². The van der Waals surface area contributed by atoms with Gasteiger partial charge in [-0.2, -0.15) is 5.10 Å². The van der Waals surface area contributed by atoms with Crippen LogP contribution < -0.4 is 11.3 Å². The average Bonchev–Trinajstić information content (AvgIpc) is 2.73. The molecule has 0 saturated carbocycles. The van der Waals surface area contributed by atoms with Gasteiger partial charge in [0, 0.05) is 35.7 Å². The molecule has 2 rings (SSSR count). The molecule has 0 bridgehead atoms. The van der Waals surface area contributed by atoms with Crippen LogP contribution in [0.15, 0.2) is 35.3 Å². The van der Waals surface area contributed by atoms with Crippen LogP contribution in [0.2, 0.25) is 0 Å². The maximum absolute atomic E-state index is 5.58. The molecule has 0 spiro atoms. The van der Waals surface area contributed by atoms with Crippen molar-refractivity contribution in [3.63, 3.8) is 0 Å². The number of hydrogen-bond donors (Lipinski definition) is 2. The van der Waals surface area contributed by atoms with E-state index in [4.69, 9.17) is 5.84 Å². The zero-order chi connectivity index (χ0) is 12.3. The SMILES string of the molecule is Cn1cc(C(Cc2cncc(Br)c2)NN)cn1. The van der Waals surface area contributed by atoms with Gasteiger partial charge >= 0.3 is 0 Å². The van der Waals surface area contributed by atoms with Gasteiger partial charge < -0.3 is 0 Å². The number of nitrogens with zero attached hydrogens (tertiary/aromatic N) is 3. The molecule has 0 fully saturated rings. The number of halogens is 1. The standard InChI is InChI=1S/C11H14BrN5/c1-17-7-9(5-15-17)11(16-13)3-8-2-10(12)6-14-4-8/h2,4-7,11,16H,3,13H2,1H3. The molecule has 2 aromatic heterocycles. The van der Waals surface area contributed by atoms with E-state index in [0.717, 1.165) is 22.0 Å². The molecule has 1 unspecified atom stereocenters. The molecule has 3 N–H and O–H groups in total. The molecule has 90 valence electrons. The van der Waals surface area contributed by atoms with Crippen molar-refractivity contribution >= 4 is 15.9 Å². The predicted molar refractivity (Wildman–Crippen MR) is 68.9 cm³/mol. The third kappa shape index (κ3) is 3.12. The van der Waals surface area contributed by atoms with Crippen molar-refractivity contribution < 1.29 is 0 Å². The van der Waals surface area contributed by atoms with E-state index in [-0.39, 0.29) is 6.04 Å². The molecule has 0 amide bonds. The highest BCUT2D eigenvalue weighted by atomic mass is 79.9. The summed E-state index contributed by atoms with van der Waals surface area (Å²) in [6.45, 7) is 0. The van der Waals surface area contributed by atoms with Crippen molar-refractivity contribution in [2.45, 2.75) is 12.5 Å². The van der Waals surface area contributed by atoms with E-state index in [1.807, 2.05) is 31.7 Å². The Kier molecular flexibility index (Phi) is 3.88. The Morgan fingerprint density at radius 2 is 2.29 bits per heavy atom. The number of aryl methyl sites for hydroxylation is 1. The minimum atomic E-state index is 0.0415. The Morgan fingerprint density at radius 1 is 1.47 bits per heavy atom. The first kappa shape index (κ1) is 12.2. The molecule has 6 heteroatoms. The van der Waals surface area contributed by atoms with Crippen molar-refractivity contribution in [3.05, 3.63) is 46.5 Å². The number of nitrogens with two attached hydrogens (primary N) is 1. The second-order valence-electron chi connectivity index (χ2n) is 3.88. The molecule has 2 aromatic rings. The van der Waals surface area contributed by atoms with Gasteiger partial charge in [-0.15, -0.1) is 0 Å². The third-order valence-electron chi connectivity index (χ3n) is 2.53. The van der Waals surface area contributed by atoms with Gasteiger partial charge in [-0.3, -0.25) is 20.9 Å². The molecule has 17 heavy (non-hydrogen) atoms. The molecular weight excluding hydrogens is 282 g/mol. The summed E-state index contributed by atoms with van der Waals surface area (Å²) >= 11 is 3.40. The van der Waals surface area contributed by atoms with Crippen LogP contribution in [0.25, 0.3) is 0 Å². The lowest BCUT2D eigenvalue weighted by Crippen LogP contribution is -2.29. The lowest BCUT2D eigenvalue weighted by molar-refractivity contribution is 0.550. The van der Waals surface area contributed by atoms with Crippen molar-refractivity contribution in [2.24, 2.45) is 12.9 Å². The van der Waals surface area contributed by atoms with Crippen molar-refractivity contribution in [1.29, 1.82) is 0 Å². The Labute approximate surface area is 108 Å². The number of hydrogen-bond acceptors (Lipinski definition) is 4. The fourth-order valence-electron chi connectivity index (χ4n) is 1.70. The lowest BCUT2D eigenvalue weighted by atomic mass is 10.0. The first-order chi connectivity index (χ1) is 8.19. The largest absolute Gasteiger partial charge is 0.275 e. The lowest BCUT2D eigenvalue weighted by Gasteiger charge is -2.13. The average molecular weight is 296 g/mol. The maximum atomic E-state index is 5.58. The number of pyridine rings is 1. The van der Waals surface area contributed by atoms with E-state index in [0.29, 0.717) is 0 Å². The molecule has 1 atom stereocenters. The van der Waals surface area contributed by atoms with Crippen molar-refractivity contribution in [2.75, 3.05) is 0 Å². The van der Waals surface area contributed by atoms with Gasteiger partial charge in [-0.1, -0.05) is 0 Å². The quantitative estimate of drug-likeness (QED) is 0.659. The Hall–Kier alpha value is -1.24. The maximum Gasteiger partial charge on any atom is 0.0538 e. The summed E-state index contributed by atoms with van der Waals surface area (Å²) < 4.78 is 2.73. The van der Waals surface area contributed by atoms with Gasteiger partial charge in [-0.05, 0) is 34.0 Å². The fourth-order valence-corrected chi connectivity index (χ4v) is 2.11. The Balaban J connectivity index is 2.15. The van der Waals surface area contributed by atoms with Crippen LogP contribution in [0.3, 0.4) is 0 Å². The Morgan fingerprint density at radius 3 is 2.88 bits per heavy atom. The monoisotopic (exact) mass is 295 g/mol. The topological polar surface area (TPSA) is 68.8 Å². The minimum Gasteiger partial charge on any atom is -0.275 e. The van der Waals surface area contributed by atoms with Gasteiger partial charge in [0.2, 0.25) is 0 Å². The molecule has 5 nitrogen and oxygen atoms in total. The van der Waals surface area contributed by atoms with E-state index in [2.05, 4.69) is 31.4 Å². The minimum absolute atomic E-state index is 0.0415. The third-order valence-corrected chi connectivity index (χ3v) is 2.96. The molecule has 0 aliphatic carbocycles. The van der Waals surface area contributed by atoms with Gasteiger partial charge in [0.15, 0.2) is 0 Å². The molecule has 0 saturated heterocycles. The van der Waals surface area contributed by atoms with Gasteiger partial charge in [0.25, 0.3) is 0 Å². The first-order valence-electron chi connectivity index (χ1n) is 5.23. The van der Waals surface area contributed by atoms with Gasteiger partial charge in [-0.25, -0.2) is 0 Å². The predicted octanol–water partition coefficient (Wildman–Crippen LogP) is 1.32. The number of rotatable bonds is 4. The number of hydrazine groups is 1. The van der Waals surface area contributed by atoms with Gasteiger partial charge in [0.05, 0.1) is 12.2 Å². The zero-order valence-electron chi connectivity index (χ0n) is 9.47. The van der Waals surface area contributed by atoms with Crippen LogP contribution in [0.5, 0.6) is 0 Å². The van der Waals surface area contributed by atoms with Crippen LogP contribution in [0, 0.1) is 0 Å². The first-order valence-corrected chi connectivity index (χ1v) is 6.02. The van der Waals surface area contributed by atoms with Crippen LogP contribution in [0.1, 0.15) is 17.2 Å². The van der Waals surface area contributed by atoms with Crippen LogP contribution in [-0.2, 0) is 13.5 Å². The summed E-state index contributed by atoms with van der Waals surface area (Å²) in [5, 5.41) is 4.14. The molecule has 0 radical (unpaired) electrons. The van der Waals surface area contributed by atoms with Crippen LogP contribution in [-0.4, -0.2) is 14.8 Å². The van der Waals surface area contributed by atoms with Crippen LogP contribution in [0.4, 0.5) is 0 Å². The Bertz CT molecular complexity index is 496. The molecule has 0 aliphatic rings. The highest BCUT2D eigenvalue weighted by Crippen LogP contribution is 2.18. The van der Waals surface area contributed by atoms with Gasteiger partial charge in [0.1, 0.15) is 0 Å². The van der Waals surface area contributed by atoms with Crippen molar-refractivity contribution in [1.82, 2.24) is 20.2 Å². The fraction of sp³-hybridized carbons (Fsp3) is 0.273. The second kappa shape index (κ2) is 5.39. The van der Waals surface area contributed by atoms with Crippen LogP contribution >= 0.6 is 15.9 Å². The van der Waals surface area contributed by atoms with E-state index in [1.165, 1.54) is 0 Å². The smallest absolute Gasteiger partial charge is 0.0538 e. The van der Waals surface area contributed by atoms with E-state index >= 15 is 0 Å². The summed E-state index contributed by atoms with van der Waals surface area (Å²) in [5.41, 5.74) is 4.98. The van der Waals surface area contributed by atoms with E-state index in [1.54, 1.807) is 10.9 Å². The highest BCUT2D eigenvalue weighted by Gasteiger charge is 2.12. The highest BCUT2D eigenvalue weighted by molar-refractivity contribution is 9.10. The van der Waals surface area contributed by atoms with Crippen molar-refractivity contribution in [3.8, 4) is 0 Å². The number of nitrogens with one attached hydrogen (secondary N) is 1. The second-order valence-corrected chi connectivity index (χ2v) is 4.80. The molecule has 0 aromatic carbocycles. The van der Waals surface area contributed by atoms with E-state index < -0.39 is 0 Å². The summed E-state index contributed by atoms with van der Waals surface area (Å²) in [7, 11) is 1.89. The molecule has 2 heterocycles. The molecule has 0 aliphatic heterocycles. The molecular formula is C11H14BrN5. The zero-order valence-corrected chi connectivity index (χ0v) is 11.1.